The molecule has 0 aliphatic heterocycles. The van der Waals surface area contributed by atoms with Crippen molar-refractivity contribution in [2.45, 2.75) is 6.92 Å². The molecule has 0 N–H and O–H groups in total. The van der Waals surface area contributed by atoms with Gasteiger partial charge in [0.25, 0.3) is 0 Å². The van der Waals surface area contributed by atoms with E-state index in [1.807, 2.05) is 13.0 Å². The lowest BCUT2D eigenvalue weighted by molar-refractivity contribution is 0.0600. The Morgan fingerprint density at radius 1 is 1.25 bits per heavy atom. The summed E-state index contributed by atoms with van der Waals surface area (Å²) in [6.45, 7) is 1.84. The number of ether oxygens (including phenoxy) is 2. The molecular formula is C12H12O4. The third-order valence-electron chi connectivity index (χ3n) is 2.36. The Hall–Kier alpha value is -1.97. The first-order chi connectivity index (χ1) is 7.65. The highest BCUT2D eigenvalue weighted by Crippen LogP contribution is 2.30. The molecular weight excluding hydrogens is 208 g/mol. The Labute approximate surface area is 92.8 Å². The molecule has 0 fully saturated rings. The van der Waals surface area contributed by atoms with Gasteiger partial charge in [0, 0.05) is 0 Å². The van der Waals surface area contributed by atoms with Gasteiger partial charge in [0.2, 0.25) is 0 Å². The Morgan fingerprint density at radius 3 is 2.62 bits per heavy atom. The molecule has 0 amide bonds. The van der Waals surface area contributed by atoms with E-state index in [9.17, 15) is 4.79 Å². The molecule has 0 atom stereocenters. The van der Waals surface area contributed by atoms with Crippen LogP contribution in [-0.4, -0.2) is 20.2 Å². The fourth-order valence-electron chi connectivity index (χ4n) is 1.64. The molecule has 2 aromatic rings. The monoisotopic (exact) mass is 220 g/mol. The van der Waals surface area contributed by atoms with Gasteiger partial charge in [0.15, 0.2) is 0 Å². The van der Waals surface area contributed by atoms with E-state index in [0.717, 1.165) is 11.1 Å². The van der Waals surface area contributed by atoms with Crippen LogP contribution in [0, 0.1) is 6.92 Å². The number of rotatable bonds is 2. The van der Waals surface area contributed by atoms with Crippen LogP contribution in [0.25, 0.3) is 11.0 Å². The van der Waals surface area contributed by atoms with Crippen molar-refractivity contribution in [3.05, 3.63) is 29.5 Å². The van der Waals surface area contributed by atoms with Crippen LogP contribution in [0.1, 0.15) is 16.1 Å². The van der Waals surface area contributed by atoms with Gasteiger partial charge < -0.3 is 13.9 Å². The lowest BCUT2D eigenvalue weighted by Crippen LogP contribution is -2.01. The van der Waals surface area contributed by atoms with E-state index in [1.54, 1.807) is 19.2 Å². The molecule has 0 bridgehead atoms. The number of hydrogen-bond donors (Lipinski definition) is 0. The number of carbonyl (C=O) groups excluding carboxylic acids is 1. The molecule has 4 heteroatoms. The first-order valence-electron chi connectivity index (χ1n) is 4.82. The fourth-order valence-corrected chi connectivity index (χ4v) is 1.64. The van der Waals surface area contributed by atoms with Crippen LogP contribution in [0.2, 0.25) is 0 Å². The van der Waals surface area contributed by atoms with E-state index in [0.29, 0.717) is 16.9 Å². The first-order valence-corrected chi connectivity index (χ1v) is 4.82. The zero-order chi connectivity index (χ0) is 11.7. The van der Waals surface area contributed by atoms with Crippen LogP contribution < -0.4 is 4.74 Å². The van der Waals surface area contributed by atoms with Crippen molar-refractivity contribution in [3.8, 4) is 5.75 Å². The summed E-state index contributed by atoms with van der Waals surface area (Å²) in [6.07, 6.45) is 0. The molecule has 0 spiro atoms. The zero-order valence-electron chi connectivity index (χ0n) is 9.37. The van der Waals surface area contributed by atoms with Crippen LogP contribution in [0.3, 0.4) is 0 Å². The number of fused-ring (bicyclic) bond motifs is 1. The van der Waals surface area contributed by atoms with E-state index in [4.69, 9.17) is 9.15 Å². The number of carbonyl (C=O) groups is 1. The minimum Gasteiger partial charge on any atom is -0.496 e. The normalized spacial score (nSPS) is 10.4. The van der Waals surface area contributed by atoms with Crippen LogP contribution in [0.5, 0.6) is 5.75 Å². The molecule has 0 aliphatic rings. The van der Waals surface area contributed by atoms with Gasteiger partial charge in [-0.05, 0) is 25.1 Å². The van der Waals surface area contributed by atoms with E-state index in [2.05, 4.69) is 4.74 Å². The summed E-state index contributed by atoms with van der Waals surface area (Å²) in [5.41, 5.74) is 1.04. The third kappa shape index (κ3) is 1.62. The molecule has 4 nitrogen and oxygen atoms in total. The third-order valence-corrected chi connectivity index (χ3v) is 2.36. The largest absolute Gasteiger partial charge is 0.496 e. The highest BCUT2D eigenvalue weighted by molar-refractivity contribution is 5.96. The highest BCUT2D eigenvalue weighted by atomic mass is 16.5. The molecule has 0 saturated heterocycles. The first kappa shape index (κ1) is 10.5. The van der Waals surface area contributed by atoms with E-state index >= 15 is 0 Å². The maximum absolute atomic E-state index is 11.4. The van der Waals surface area contributed by atoms with Gasteiger partial charge in [-0.15, -0.1) is 0 Å². The maximum atomic E-state index is 11.4. The Kier molecular flexibility index (Phi) is 2.56. The summed E-state index contributed by atoms with van der Waals surface area (Å²) in [7, 11) is 2.89. The number of hydrogen-bond acceptors (Lipinski definition) is 4. The molecule has 2 rings (SSSR count). The van der Waals surface area contributed by atoms with Gasteiger partial charge in [-0.3, -0.25) is 0 Å². The smallest absolute Gasteiger partial charge is 0.338 e. The molecule has 16 heavy (non-hydrogen) atoms. The summed E-state index contributed by atoms with van der Waals surface area (Å²) >= 11 is 0. The maximum Gasteiger partial charge on any atom is 0.338 e. The van der Waals surface area contributed by atoms with Gasteiger partial charge >= 0.3 is 5.97 Å². The molecule has 1 heterocycles. The molecule has 0 aliphatic carbocycles. The second-order valence-electron chi connectivity index (χ2n) is 3.44. The predicted octanol–water partition coefficient (Wildman–Crippen LogP) is 2.54. The van der Waals surface area contributed by atoms with Gasteiger partial charge in [-0.2, -0.15) is 0 Å². The van der Waals surface area contributed by atoms with Gasteiger partial charge in [-0.1, -0.05) is 0 Å². The molecule has 0 unspecified atom stereocenters. The number of esters is 1. The fraction of sp³-hybridized carbons (Fsp3) is 0.250. The molecule has 0 radical (unpaired) electrons. The second kappa shape index (κ2) is 3.89. The predicted molar refractivity (Wildman–Crippen MR) is 58.8 cm³/mol. The van der Waals surface area contributed by atoms with E-state index in [-0.39, 0.29) is 0 Å². The Bertz CT molecular complexity index is 539. The van der Waals surface area contributed by atoms with Crippen LogP contribution in [0.4, 0.5) is 0 Å². The van der Waals surface area contributed by atoms with Crippen molar-refractivity contribution in [3.63, 3.8) is 0 Å². The standard InChI is InChI=1S/C12H12O4/c1-7-4-9-10(14-2)5-8(12(13)15-3)6-11(9)16-7/h4-6H,1-3H3. The summed E-state index contributed by atoms with van der Waals surface area (Å²) in [5, 5.41) is 0.854. The average molecular weight is 220 g/mol. The number of benzene rings is 1. The second-order valence-corrected chi connectivity index (χ2v) is 3.44. The van der Waals surface area contributed by atoms with Crippen molar-refractivity contribution >= 4 is 16.9 Å². The Balaban J connectivity index is 2.67. The SMILES string of the molecule is COC(=O)c1cc(OC)c2cc(C)oc2c1. The molecule has 1 aromatic heterocycles. The lowest BCUT2D eigenvalue weighted by Gasteiger charge is -2.04. The van der Waals surface area contributed by atoms with Crippen molar-refractivity contribution in [1.29, 1.82) is 0 Å². The van der Waals surface area contributed by atoms with Gasteiger partial charge in [0.1, 0.15) is 17.1 Å². The van der Waals surface area contributed by atoms with E-state index in [1.165, 1.54) is 7.11 Å². The van der Waals surface area contributed by atoms with Crippen molar-refractivity contribution in [1.82, 2.24) is 0 Å². The topological polar surface area (TPSA) is 48.7 Å². The number of aryl methyl sites for hydroxylation is 1. The van der Waals surface area contributed by atoms with E-state index < -0.39 is 5.97 Å². The van der Waals surface area contributed by atoms with Crippen molar-refractivity contribution in [2.75, 3.05) is 14.2 Å². The minimum absolute atomic E-state index is 0.408. The summed E-state index contributed by atoms with van der Waals surface area (Å²) in [6, 6.07) is 5.16. The average Bonchev–Trinajstić information content (AvgIpc) is 2.66. The molecule has 1 aromatic carbocycles. The zero-order valence-corrected chi connectivity index (χ0v) is 9.37. The molecule has 0 saturated carbocycles. The highest BCUT2D eigenvalue weighted by Gasteiger charge is 2.13. The van der Waals surface area contributed by atoms with Crippen LogP contribution >= 0.6 is 0 Å². The van der Waals surface area contributed by atoms with Crippen LogP contribution in [-0.2, 0) is 4.74 Å². The summed E-state index contributed by atoms with van der Waals surface area (Å²) < 4.78 is 15.3. The summed E-state index contributed by atoms with van der Waals surface area (Å²) in [5.74, 6) is 0.972. The lowest BCUT2D eigenvalue weighted by atomic mass is 10.1. The minimum atomic E-state index is -0.408. The van der Waals surface area contributed by atoms with Gasteiger partial charge in [0.05, 0.1) is 25.2 Å². The van der Waals surface area contributed by atoms with Crippen molar-refractivity contribution < 1.29 is 18.7 Å². The summed E-state index contributed by atoms with van der Waals surface area (Å²) in [4.78, 5) is 11.4. The number of furan rings is 1. The van der Waals surface area contributed by atoms with Crippen molar-refractivity contribution in [2.24, 2.45) is 0 Å². The Morgan fingerprint density at radius 2 is 2.00 bits per heavy atom. The van der Waals surface area contributed by atoms with Crippen LogP contribution in [0.15, 0.2) is 22.6 Å². The quantitative estimate of drug-likeness (QED) is 0.730. The van der Waals surface area contributed by atoms with Gasteiger partial charge in [-0.25, -0.2) is 4.79 Å². The molecule has 84 valence electrons. The number of methoxy groups -OCH3 is 2.